The van der Waals surface area contributed by atoms with Crippen molar-refractivity contribution in [3.63, 3.8) is 0 Å². The summed E-state index contributed by atoms with van der Waals surface area (Å²) in [5.74, 6) is 0.756. The Morgan fingerprint density at radius 1 is 1.42 bits per heavy atom. The number of thioether (sulfide) groups is 1. The molecule has 0 heterocycles. The lowest BCUT2D eigenvalue weighted by atomic mass is 10.1. The molecule has 0 aliphatic rings. The van der Waals surface area contributed by atoms with E-state index in [-0.39, 0.29) is 11.9 Å². The fourth-order valence-corrected chi connectivity index (χ4v) is 2.97. The number of rotatable bonds is 8. The standard InChI is InChI=1S/C15H24FNOS/c1-5-6-17-12(3)13-10-14(16)11(2)9-15(13)19-8-7-18-4/h9-10,12,17H,5-8H2,1-4H3. The van der Waals surface area contributed by atoms with E-state index in [0.717, 1.165) is 29.2 Å². The van der Waals surface area contributed by atoms with E-state index >= 15 is 0 Å². The number of halogens is 1. The van der Waals surface area contributed by atoms with Crippen molar-refractivity contribution in [2.45, 2.75) is 38.1 Å². The fourth-order valence-electron chi connectivity index (χ4n) is 1.84. The normalized spacial score (nSPS) is 12.7. The highest BCUT2D eigenvalue weighted by Crippen LogP contribution is 2.30. The highest BCUT2D eigenvalue weighted by atomic mass is 32.2. The zero-order valence-corrected chi connectivity index (χ0v) is 13.1. The maximum absolute atomic E-state index is 13.8. The number of ether oxygens (including phenoxy) is 1. The summed E-state index contributed by atoms with van der Waals surface area (Å²) in [5.41, 5.74) is 1.74. The molecule has 0 fully saturated rings. The lowest BCUT2D eigenvalue weighted by Gasteiger charge is -2.18. The minimum atomic E-state index is -0.128. The van der Waals surface area contributed by atoms with Crippen LogP contribution in [0.1, 0.15) is 37.4 Å². The molecular formula is C15H24FNOS. The molecule has 1 unspecified atom stereocenters. The van der Waals surface area contributed by atoms with E-state index in [1.807, 2.05) is 13.0 Å². The maximum atomic E-state index is 13.8. The van der Waals surface area contributed by atoms with E-state index in [2.05, 4.69) is 19.2 Å². The summed E-state index contributed by atoms with van der Waals surface area (Å²) in [5, 5.41) is 3.41. The maximum Gasteiger partial charge on any atom is 0.126 e. The summed E-state index contributed by atoms with van der Waals surface area (Å²) in [4.78, 5) is 1.15. The minimum absolute atomic E-state index is 0.128. The zero-order valence-electron chi connectivity index (χ0n) is 12.3. The van der Waals surface area contributed by atoms with E-state index in [1.54, 1.807) is 24.9 Å². The molecule has 2 nitrogen and oxygen atoms in total. The Labute approximate surface area is 120 Å². The molecule has 0 spiro atoms. The van der Waals surface area contributed by atoms with Crippen molar-refractivity contribution in [3.05, 3.63) is 29.1 Å². The van der Waals surface area contributed by atoms with Gasteiger partial charge in [0.25, 0.3) is 0 Å². The van der Waals surface area contributed by atoms with Gasteiger partial charge in [-0.15, -0.1) is 11.8 Å². The molecule has 0 amide bonds. The average Bonchev–Trinajstić information content (AvgIpc) is 2.40. The van der Waals surface area contributed by atoms with Gasteiger partial charge >= 0.3 is 0 Å². The van der Waals surface area contributed by atoms with Crippen molar-refractivity contribution < 1.29 is 9.13 Å². The molecule has 0 aliphatic heterocycles. The Balaban J connectivity index is 2.88. The van der Waals surface area contributed by atoms with E-state index in [1.165, 1.54) is 0 Å². The third-order valence-electron chi connectivity index (χ3n) is 3.00. The largest absolute Gasteiger partial charge is 0.384 e. The molecule has 0 saturated heterocycles. The molecule has 0 aliphatic carbocycles. The van der Waals surface area contributed by atoms with Crippen LogP contribution in [0.4, 0.5) is 4.39 Å². The third kappa shape index (κ3) is 5.13. The van der Waals surface area contributed by atoms with Crippen molar-refractivity contribution >= 4 is 11.8 Å². The fraction of sp³-hybridized carbons (Fsp3) is 0.600. The van der Waals surface area contributed by atoms with Crippen molar-refractivity contribution in [2.75, 3.05) is 26.0 Å². The third-order valence-corrected chi connectivity index (χ3v) is 4.04. The predicted octanol–water partition coefficient (Wildman–Crippen LogP) is 3.93. The first-order valence-electron chi connectivity index (χ1n) is 6.75. The molecule has 1 aromatic rings. The summed E-state index contributed by atoms with van der Waals surface area (Å²) in [7, 11) is 1.70. The van der Waals surface area contributed by atoms with Gasteiger partial charge in [-0.1, -0.05) is 6.92 Å². The Morgan fingerprint density at radius 3 is 2.79 bits per heavy atom. The molecule has 0 saturated carbocycles. The van der Waals surface area contributed by atoms with Crippen LogP contribution in [0.15, 0.2) is 17.0 Å². The van der Waals surface area contributed by atoms with Gasteiger partial charge < -0.3 is 10.1 Å². The number of nitrogens with one attached hydrogen (secondary N) is 1. The molecule has 0 aromatic heterocycles. The first-order chi connectivity index (χ1) is 9.10. The minimum Gasteiger partial charge on any atom is -0.384 e. The molecule has 0 bridgehead atoms. The van der Waals surface area contributed by atoms with Crippen molar-refractivity contribution in [1.82, 2.24) is 5.32 Å². The smallest absolute Gasteiger partial charge is 0.126 e. The lowest BCUT2D eigenvalue weighted by molar-refractivity contribution is 0.218. The SMILES string of the molecule is CCCNC(C)c1cc(F)c(C)cc1SCCOC. The van der Waals surface area contributed by atoms with Crippen LogP contribution in [0.3, 0.4) is 0 Å². The van der Waals surface area contributed by atoms with E-state index in [9.17, 15) is 4.39 Å². The summed E-state index contributed by atoms with van der Waals surface area (Å²) in [6.07, 6.45) is 1.07. The molecular weight excluding hydrogens is 261 g/mol. The van der Waals surface area contributed by atoms with Crippen molar-refractivity contribution in [3.8, 4) is 0 Å². The van der Waals surface area contributed by atoms with Crippen LogP contribution in [0.5, 0.6) is 0 Å². The molecule has 1 rings (SSSR count). The second-order valence-electron chi connectivity index (χ2n) is 4.66. The molecule has 1 atom stereocenters. The van der Waals surface area contributed by atoms with Crippen LogP contribution in [0.2, 0.25) is 0 Å². The van der Waals surface area contributed by atoms with Crippen LogP contribution in [-0.4, -0.2) is 26.0 Å². The summed E-state index contributed by atoms with van der Waals surface area (Å²) < 4.78 is 18.8. The Bertz CT molecular complexity index is 398. The molecule has 108 valence electrons. The van der Waals surface area contributed by atoms with E-state index in [0.29, 0.717) is 12.2 Å². The summed E-state index contributed by atoms with van der Waals surface area (Å²) in [6.45, 7) is 7.67. The van der Waals surface area contributed by atoms with Crippen molar-refractivity contribution in [1.29, 1.82) is 0 Å². The number of hydrogen-bond acceptors (Lipinski definition) is 3. The lowest BCUT2D eigenvalue weighted by Crippen LogP contribution is -2.20. The van der Waals surface area contributed by atoms with E-state index in [4.69, 9.17) is 4.74 Å². The van der Waals surface area contributed by atoms with Gasteiger partial charge in [-0.3, -0.25) is 0 Å². The van der Waals surface area contributed by atoms with Gasteiger partial charge in [-0.25, -0.2) is 4.39 Å². The monoisotopic (exact) mass is 285 g/mol. The Morgan fingerprint density at radius 2 is 2.16 bits per heavy atom. The highest BCUT2D eigenvalue weighted by Gasteiger charge is 2.13. The second kappa shape index (κ2) is 8.56. The van der Waals surface area contributed by atoms with Gasteiger partial charge in [-0.05, 0) is 50.1 Å². The Hall–Kier alpha value is -0.580. The van der Waals surface area contributed by atoms with E-state index < -0.39 is 0 Å². The van der Waals surface area contributed by atoms with Gasteiger partial charge in [0.2, 0.25) is 0 Å². The number of benzene rings is 1. The quantitative estimate of drug-likeness (QED) is 0.577. The van der Waals surface area contributed by atoms with Crippen LogP contribution < -0.4 is 5.32 Å². The predicted molar refractivity (Wildman–Crippen MR) is 80.4 cm³/mol. The van der Waals surface area contributed by atoms with Gasteiger partial charge in [0.1, 0.15) is 5.82 Å². The molecule has 4 heteroatoms. The van der Waals surface area contributed by atoms with Crippen LogP contribution in [-0.2, 0) is 4.74 Å². The van der Waals surface area contributed by atoms with Crippen LogP contribution in [0, 0.1) is 12.7 Å². The molecule has 1 aromatic carbocycles. The number of methoxy groups -OCH3 is 1. The van der Waals surface area contributed by atoms with Gasteiger partial charge in [-0.2, -0.15) is 0 Å². The van der Waals surface area contributed by atoms with Crippen molar-refractivity contribution in [2.24, 2.45) is 0 Å². The Kier molecular flexibility index (Phi) is 7.42. The first kappa shape index (κ1) is 16.5. The zero-order chi connectivity index (χ0) is 14.3. The van der Waals surface area contributed by atoms with Crippen LogP contribution in [0.25, 0.3) is 0 Å². The van der Waals surface area contributed by atoms with Gasteiger partial charge in [0, 0.05) is 23.8 Å². The molecule has 0 radical (unpaired) electrons. The molecule has 1 N–H and O–H groups in total. The summed E-state index contributed by atoms with van der Waals surface area (Å²) in [6, 6.07) is 3.77. The summed E-state index contributed by atoms with van der Waals surface area (Å²) >= 11 is 1.72. The second-order valence-corrected chi connectivity index (χ2v) is 5.79. The first-order valence-corrected chi connectivity index (χ1v) is 7.73. The van der Waals surface area contributed by atoms with Crippen LogP contribution >= 0.6 is 11.8 Å². The average molecular weight is 285 g/mol. The highest BCUT2D eigenvalue weighted by molar-refractivity contribution is 7.99. The molecule has 19 heavy (non-hydrogen) atoms. The van der Waals surface area contributed by atoms with Gasteiger partial charge in [0.15, 0.2) is 0 Å². The van der Waals surface area contributed by atoms with Gasteiger partial charge in [0.05, 0.1) is 6.61 Å². The topological polar surface area (TPSA) is 21.3 Å². The number of aryl methyl sites for hydroxylation is 1. The number of hydrogen-bond donors (Lipinski definition) is 1.